The van der Waals surface area contributed by atoms with Crippen molar-refractivity contribution in [1.29, 1.82) is 0 Å². The number of benzene rings is 1. The Balaban J connectivity index is 1.39. The molecule has 2 aliphatic rings. The van der Waals surface area contributed by atoms with Crippen LogP contribution in [0.5, 0.6) is 5.75 Å². The highest BCUT2D eigenvalue weighted by Crippen LogP contribution is 2.28. The Morgan fingerprint density at radius 1 is 1.29 bits per heavy atom. The topological polar surface area (TPSA) is 73.8 Å². The number of rotatable bonds is 6. The molecule has 0 saturated carbocycles. The largest absolute Gasteiger partial charge is 0.493 e. The first kappa shape index (κ1) is 19.0. The van der Waals surface area contributed by atoms with Gasteiger partial charge in [0.15, 0.2) is 0 Å². The third-order valence-corrected chi connectivity index (χ3v) is 5.44. The highest BCUT2D eigenvalue weighted by atomic mass is 16.5. The van der Waals surface area contributed by atoms with Gasteiger partial charge in [-0.05, 0) is 38.6 Å². The number of fused-ring (bicyclic) bond motifs is 1. The van der Waals surface area contributed by atoms with E-state index < -0.39 is 0 Å². The van der Waals surface area contributed by atoms with Crippen molar-refractivity contribution in [2.45, 2.75) is 25.0 Å². The van der Waals surface area contributed by atoms with E-state index in [1.54, 1.807) is 6.33 Å². The van der Waals surface area contributed by atoms with E-state index in [9.17, 15) is 5.11 Å². The molecule has 7 heteroatoms. The maximum Gasteiger partial charge on any atom is 0.134 e. The highest BCUT2D eigenvalue weighted by molar-refractivity contribution is 5.50. The second-order valence-electron chi connectivity index (χ2n) is 8.09. The lowest BCUT2D eigenvalue weighted by Gasteiger charge is -2.28. The summed E-state index contributed by atoms with van der Waals surface area (Å²) in [5.41, 5.74) is 1.27. The molecule has 1 unspecified atom stereocenters. The quantitative estimate of drug-likeness (QED) is 0.786. The average molecular weight is 383 g/mol. The number of hydrogen-bond donors (Lipinski definition) is 2. The first-order valence-corrected chi connectivity index (χ1v) is 9.94. The smallest absolute Gasteiger partial charge is 0.134 e. The Morgan fingerprint density at radius 2 is 2.14 bits per heavy atom. The van der Waals surface area contributed by atoms with Crippen LogP contribution in [0.25, 0.3) is 0 Å². The summed E-state index contributed by atoms with van der Waals surface area (Å²) in [6, 6.07) is 10.5. The summed E-state index contributed by atoms with van der Waals surface area (Å²) in [4.78, 5) is 13.2. The van der Waals surface area contributed by atoms with E-state index in [0.717, 1.165) is 43.3 Å². The number of nitrogens with one attached hydrogen (secondary N) is 1. The number of β-amino-alcohol motifs (C(OH)–C–C–N with tert-alkyl or cyclic N) is 1. The van der Waals surface area contributed by atoms with Crippen molar-refractivity contribution in [3.63, 3.8) is 0 Å². The predicted molar refractivity (Wildman–Crippen MR) is 110 cm³/mol. The number of aliphatic hydroxyl groups is 1. The molecule has 3 atom stereocenters. The summed E-state index contributed by atoms with van der Waals surface area (Å²) in [5.74, 6) is 3.09. The van der Waals surface area contributed by atoms with Gasteiger partial charge in [0.25, 0.3) is 0 Å². The van der Waals surface area contributed by atoms with Crippen molar-refractivity contribution in [2.75, 3.05) is 50.6 Å². The first-order valence-electron chi connectivity index (χ1n) is 9.94. The van der Waals surface area contributed by atoms with Gasteiger partial charge in [0, 0.05) is 37.7 Å². The maximum absolute atomic E-state index is 10.1. The lowest BCUT2D eigenvalue weighted by Crippen LogP contribution is -2.38. The average Bonchev–Trinajstić information content (AvgIpc) is 3.06. The number of aliphatic hydroxyl groups excluding tert-OH is 1. The number of hydrogen-bond acceptors (Lipinski definition) is 7. The molecule has 0 bridgehead atoms. The van der Waals surface area contributed by atoms with Crippen molar-refractivity contribution >= 4 is 11.6 Å². The summed E-state index contributed by atoms with van der Waals surface area (Å²) >= 11 is 0. The normalized spacial score (nSPS) is 24.1. The molecule has 150 valence electrons. The van der Waals surface area contributed by atoms with Gasteiger partial charge >= 0.3 is 0 Å². The number of anilines is 2. The summed E-state index contributed by atoms with van der Waals surface area (Å²) in [5, 5.41) is 13.6. The Labute approximate surface area is 166 Å². The molecule has 2 aliphatic heterocycles. The molecule has 0 aliphatic carbocycles. The zero-order valence-electron chi connectivity index (χ0n) is 16.6. The predicted octanol–water partition coefficient (Wildman–Crippen LogP) is 1.64. The fourth-order valence-corrected chi connectivity index (χ4v) is 4.14. The molecule has 0 amide bonds. The lowest BCUT2D eigenvalue weighted by atomic mass is 9.97. The number of nitrogens with zero attached hydrogens (tertiary/aromatic N) is 4. The van der Waals surface area contributed by atoms with E-state index in [0.29, 0.717) is 19.1 Å². The highest BCUT2D eigenvalue weighted by Gasteiger charge is 2.32. The van der Waals surface area contributed by atoms with Crippen LogP contribution in [-0.2, 0) is 6.42 Å². The Kier molecular flexibility index (Phi) is 5.64. The maximum atomic E-state index is 10.1. The van der Waals surface area contributed by atoms with Crippen molar-refractivity contribution in [1.82, 2.24) is 14.9 Å². The third kappa shape index (κ3) is 4.36. The van der Waals surface area contributed by atoms with E-state index in [1.165, 1.54) is 5.56 Å². The van der Waals surface area contributed by atoms with Crippen molar-refractivity contribution in [3.8, 4) is 5.75 Å². The van der Waals surface area contributed by atoms with Crippen LogP contribution in [0.2, 0.25) is 0 Å². The van der Waals surface area contributed by atoms with Gasteiger partial charge in [0.2, 0.25) is 0 Å². The molecular weight excluding hydrogens is 354 g/mol. The van der Waals surface area contributed by atoms with Crippen molar-refractivity contribution in [3.05, 3.63) is 42.2 Å². The van der Waals surface area contributed by atoms with Crippen LogP contribution in [0.4, 0.5) is 11.6 Å². The summed E-state index contributed by atoms with van der Waals surface area (Å²) in [6.45, 7) is 3.02. The summed E-state index contributed by atoms with van der Waals surface area (Å²) < 4.78 is 5.88. The van der Waals surface area contributed by atoms with Crippen LogP contribution in [0.1, 0.15) is 12.0 Å². The van der Waals surface area contributed by atoms with E-state index in [1.807, 2.05) is 18.2 Å². The number of aromatic nitrogens is 2. The fraction of sp³-hybridized carbons (Fsp3) is 0.524. The van der Waals surface area contributed by atoms with Crippen LogP contribution in [0, 0.1) is 5.92 Å². The zero-order valence-corrected chi connectivity index (χ0v) is 16.6. The molecule has 2 N–H and O–H groups in total. The minimum atomic E-state index is -0.309. The molecule has 1 aromatic carbocycles. The van der Waals surface area contributed by atoms with Crippen molar-refractivity contribution in [2.24, 2.45) is 5.92 Å². The SMILES string of the molecule is CN(C)C[C@H]1C[C@@H](O)CN1c1cc(NCC2COc3ccccc3C2)ncn1. The third-order valence-electron chi connectivity index (χ3n) is 5.44. The van der Waals surface area contributed by atoms with Crippen molar-refractivity contribution < 1.29 is 9.84 Å². The minimum Gasteiger partial charge on any atom is -0.493 e. The molecule has 4 rings (SSSR count). The second-order valence-corrected chi connectivity index (χ2v) is 8.09. The van der Waals surface area contributed by atoms with Gasteiger partial charge in [-0.3, -0.25) is 0 Å². The fourth-order valence-electron chi connectivity index (χ4n) is 4.14. The Morgan fingerprint density at radius 3 is 3.00 bits per heavy atom. The van der Waals surface area contributed by atoms with Gasteiger partial charge < -0.3 is 25.0 Å². The molecule has 1 fully saturated rings. The second kappa shape index (κ2) is 8.32. The van der Waals surface area contributed by atoms with Gasteiger partial charge in [0.05, 0.1) is 12.7 Å². The molecule has 0 radical (unpaired) electrons. The van der Waals surface area contributed by atoms with Crippen LogP contribution < -0.4 is 15.0 Å². The van der Waals surface area contributed by atoms with Gasteiger partial charge in [-0.2, -0.15) is 0 Å². The van der Waals surface area contributed by atoms with Crippen LogP contribution in [0.15, 0.2) is 36.7 Å². The minimum absolute atomic E-state index is 0.260. The zero-order chi connectivity index (χ0) is 19.5. The lowest BCUT2D eigenvalue weighted by molar-refractivity contribution is 0.191. The molecule has 1 saturated heterocycles. The molecular formula is C21H29N5O2. The van der Waals surface area contributed by atoms with E-state index in [-0.39, 0.29) is 12.1 Å². The first-order chi connectivity index (χ1) is 13.6. The molecule has 0 spiro atoms. The summed E-state index contributed by atoms with van der Waals surface area (Å²) in [6.07, 6.45) is 3.06. The Hall–Kier alpha value is -2.38. The van der Waals surface area contributed by atoms with Gasteiger partial charge in [-0.25, -0.2) is 9.97 Å². The van der Waals surface area contributed by atoms with E-state index >= 15 is 0 Å². The van der Waals surface area contributed by atoms with Crippen LogP contribution in [0.3, 0.4) is 0 Å². The van der Waals surface area contributed by atoms with Gasteiger partial charge in [-0.1, -0.05) is 18.2 Å². The van der Waals surface area contributed by atoms with Gasteiger partial charge in [-0.15, -0.1) is 0 Å². The number of likely N-dealkylation sites (N-methyl/N-ethyl adjacent to an activating group) is 1. The van der Waals surface area contributed by atoms with Crippen LogP contribution in [-0.4, -0.2) is 72.5 Å². The van der Waals surface area contributed by atoms with E-state index in [2.05, 4.69) is 51.3 Å². The number of ether oxygens (including phenoxy) is 1. The molecule has 7 nitrogen and oxygen atoms in total. The molecule has 1 aromatic heterocycles. The molecule has 2 aromatic rings. The number of para-hydroxylation sites is 1. The molecule has 3 heterocycles. The monoisotopic (exact) mass is 383 g/mol. The van der Waals surface area contributed by atoms with Gasteiger partial charge in [0.1, 0.15) is 23.7 Å². The summed E-state index contributed by atoms with van der Waals surface area (Å²) in [7, 11) is 4.11. The Bertz CT molecular complexity index is 800. The molecule has 28 heavy (non-hydrogen) atoms. The van der Waals surface area contributed by atoms with E-state index in [4.69, 9.17) is 4.74 Å². The van der Waals surface area contributed by atoms with Crippen LogP contribution >= 0.6 is 0 Å². The standard InChI is InChI=1S/C21H29N5O2/c1-25(2)11-17-8-18(27)12-26(17)21-9-20(23-14-24-21)22-10-15-7-16-5-3-4-6-19(16)28-13-15/h3-6,9,14-15,17-18,27H,7-8,10-13H2,1-2H3,(H,22,23,24)/t15?,17-,18-/m1/s1.